The summed E-state index contributed by atoms with van der Waals surface area (Å²) in [5.41, 5.74) is -2.78. The van der Waals surface area contributed by atoms with Crippen molar-refractivity contribution in [1.29, 1.82) is 0 Å². The van der Waals surface area contributed by atoms with Crippen LogP contribution in [-0.2, 0) is 42.8 Å². The lowest BCUT2D eigenvalue weighted by atomic mass is 9.33. The van der Waals surface area contributed by atoms with E-state index in [4.69, 9.17) is 28.4 Å². The van der Waals surface area contributed by atoms with E-state index < -0.39 is 139 Å². The minimum atomic E-state index is -1.92. The summed E-state index contributed by atoms with van der Waals surface area (Å²) in [4.78, 5) is 42.1. The van der Waals surface area contributed by atoms with Crippen LogP contribution in [0.25, 0.3) is 0 Å². The Balaban J connectivity index is 1.06. The summed E-state index contributed by atoms with van der Waals surface area (Å²) >= 11 is 0. The van der Waals surface area contributed by atoms with Crippen LogP contribution in [0.5, 0.6) is 0 Å². The van der Waals surface area contributed by atoms with Gasteiger partial charge in [0, 0.05) is 6.42 Å². The second kappa shape index (κ2) is 24.2. The van der Waals surface area contributed by atoms with Crippen LogP contribution in [0.1, 0.15) is 177 Å². The number of aliphatic hydroxyl groups excluding tert-OH is 9. The van der Waals surface area contributed by atoms with E-state index in [0.717, 1.165) is 56.8 Å². The fourth-order valence-corrected chi connectivity index (χ4v) is 16.7. The van der Waals surface area contributed by atoms with Crippen molar-refractivity contribution in [2.24, 2.45) is 50.2 Å². The molecule has 0 spiro atoms. The first-order valence-corrected chi connectivity index (χ1v) is 29.7. The highest BCUT2D eigenvalue weighted by atomic mass is 16.8. The Labute approximate surface area is 461 Å². The molecule has 0 radical (unpaired) electrons. The smallest absolute Gasteiger partial charge is 0.317 e. The van der Waals surface area contributed by atoms with Crippen LogP contribution in [0.4, 0.5) is 0 Å². The maximum Gasteiger partial charge on any atom is 0.317 e. The number of carbonyl (C=O) groups is 3. The van der Waals surface area contributed by atoms with Gasteiger partial charge in [-0.15, -0.1) is 0 Å². The van der Waals surface area contributed by atoms with Gasteiger partial charge in [-0.25, -0.2) is 0 Å². The number of hydrogen-bond acceptors (Lipinski definition) is 18. The minimum absolute atomic E-state index is 0.0344. The Bertz CT molecular complexity index is 2110. The molecule has 0 aromatic rings. The molecule has 0 aromatic carbocycles. The molecule has 10 N–H and O–H groups in total. The van der Waals surface area contributed by atoms with E-state index in [9.17, 15) is 55.5 Å². The number of carbonyl (C=O) groups excluding carboxylic acids is 3. The molecule has 19 heteroatoms. The summed E-state index contributed by atoms with van der Waals surface area (Å²) in [5, 5.41) is 104. The number of nitrogens with one attached hydrogen (secondary N) is 1. The normalized spacial score (nSPS) is 48.0. The summed E-state index contributed by atoms with van der Waals surface area (Å²) in [7, 11) is 0. The van der Waals surface area contributed by atoms with Crippen molar-refractivity contribution >= 4 is 18.2 Å². The van der Waals surface area contributed by atoms with Gasteiger partial charge in [-0.1, -0.05) is 111 Å². The number of esters is 1. The van der Waals surface area contributed by atoms with Gasteiger partial charge in [0.05, 0.1) is 43.0 Å². The van der Waals surface area contributed by atoms with Crippen LogP contribution in [0.2, 0.25) is 0 Å². The van der Waals surface area contributed by atoms with Gasteiger partial charge in [0.15, 0.2) is 18.7 Å². The molecule has 11 unspecified atom stereocenters. The Morgan fingerprint density at radius 3 is 2.04 bits per heavy atom. The third-order valence-electron chi connectivity index (χ3n) is 21.7. The average Bonchev–Trinajstić information content (AvgIpc) is 1.90. The van der Waals surface area contributed by atoms with Crippen molar-refractivity contribution < 1.29 is 88.8 Å². The van der Waals surface area contributed by atoms with E-state index in [1.165, 1.54) is 32.6 Å². The fourth-order valence-electron chi connectivity index (χ4n) is 16.7. The topological polar surface area (TPSA) is 301 Å². The first-order chi connectivity index (χ1) is 36.8. The van der Waals surface area contributed by atoms with Gasteiger partial charge in [-0.2, -0.15) is 0 Å². The van der Waals surface area contributed by atoms with Gasteiger partial charge in [-0.3, -0.25) is 9.59 Å². The summed E-state index contributed by atoms with van der Waals surface area (Å²) < 4.78 is 36.5. The van der Waals surface area contributed by atoms with E-state index in [2.05, 4.69) is 52.9 Å². The van der Waals surface area contributed by atoms with Crippen molar-refractivity contribution in [2.75, 3.05) is 13.2 Å². The predicted molar refractivity (Wildman–Crippen MR) is 282 cm³/mol. The lowest BCUT2D eigenvalue weighted by Gasteiger charge is -2.71. The number of fused-ring (bicyclic) bond motifs is 7. The Hall–Kier alpha value is -2.21. The molecule has 19 nitrogen and oxygen atoms in total. The number of ether oxygens (including phenoxy) is 6. The van der Waals surface area contributed by atoms with Crippen molar-refractivity contribution in [3.8, 4) is 0 Å². The zero-order valence-corrected chi connectivity index (χ0v) is 47.7. The number of aldehydes is 1. The van der Waals surface area contributed by atoms with Crippen LogP contribution >= 0.6 is 0 Å². The quantitative estimate of drug-likeness (QED) is 0.0378. The lowest BCUT2D eigenvalue weighted by Crippen LogP contribution is -2.69. The monoisotopic (exact) mass is 1110 g/mol. The molecule has 78 heavy (non-hydrogen) atoms. The van der Waals surface area contributed by atoms with Gasteiger partial charge < -0.3 is 84.5 Å². The van der Waals surface area contributed by atoms with E-state index in [1.807, 2.05) is 6.92 Å². The van der Waals surface area contributed by atoms with E-state index in [-0.39, 0.29) is 54.0 Å². The standard InChI is InChI=1S/C59H97NO18/c1-9-10-11-12-13-14-15-16-17-18-41(66)60-42-36(29-61)75-52(49(44(42)68)77-51-47(71)45(69)48(32(2)74-51)76-50-46(70)43(67)35(63)30-73-50)78-53(72)59-26-25-54(3,4)27-34(59)33-19-20-38-55(5)23-22-39(64)56(6,31-62)37(55)21-24-57(38,7)58(33,8)28-40(59)65/h19,31-32,34-40,42-52,61,63-65,67-71H,9-18,20-30H2,1-8H3,(H,60,66)/t32-,34?,35-,36-,37-,38?,39+,40+,42+,43?,44?,45?,46?,47?,48+,49?,50+,51+,52+,55?,56?,57?,58-,59-/m1/s1. The highest BCUT2D eigenvalue weighted by Crippen LogP contribution is 2.76. The largest absolute Gasteiger partial charge is 0.432 e. The molecule has 0 aromatic heterocycles. The summed E-state index contributed by atoms with van der Waals surface area (Å²) in [6.45, 7) is 15.6. The summed E-state index contributed by atoms with van der Waals surface area (Å²) in [6, 6.07) is -1.32. The van der Waals surface area contributed by atoms with Crippen molar-refractivity contribution in [3.63, 3.8) is 0 Å². The molecular formula is C59H97NO18. The molecular weight excluding hydrogens is 1010 g/mol. The van der Waals surface area contributed by atoms with Gasteiger partial charge in [0.1, 0.15) is 60.5 Å². The first kappa shape index (κ1) is 61.9. The number of rotatable bonds is 19. The molecule has 3 saturated heterocycles. The number of hydrogen-bond donors (Lipinski definition) is 10. The Morgan fingerprint density at radius 1 is 0.718 bits per heavy atom. The van der Waals surface area contributed by atoms with E-state index >= 15 is 4.79 Å². The van der Waals surface area contributed by atoms with Crippen molar-refractivity contribution in [3.05, 3.63) is 11.6 Å². The van der Waals surface area contributed by atoms with Gasteiger partial charge in [0.2, 0.25) is 12.2 Å². The molecule has 3 heterocycles. The minimum Gasteiger partial charge on any atom is -0.432 e. The van der Waals surface area contributed by atoms with Gasteiger partial charge >= 0.3 is 5.97 Å². The molecule has 5 aliphatic carbocycles. The molecule has 4 saturated carbocycles. The maximum absolute atomic E-state index is 15.7. The number of aliphatic hydroxyl groups is 9. The van der Waals surface area contributed by atoms with Crippen LogP contribution in [0.15, 0.2) is 11.6 Å². The Kier molecular flexibility index (Phi) is 19.2. The summed E-state index contributed by atoms with van der Waals surface area (Å²) in [6.07, 6.45) is -5.05. The van der Waals surface area contributed by atoms with Crippen LogP contribution in [0.3, 0.4) is 0 Å². The van der Waals surface area contributed by atoms with Crippen LogP contribution in [0, 0.1) is 50.2 Å². The third kappa shape index (κ3) is 11.1. The second-order valence-corrected chi connectivity index (χ2v) is 26.9. The molecule has 1 amide bonds. The number of allylic oxidation sites excluding steroid dienone is 2. The zero-order valence-electron chi connectivity index (χ0n) is 47.7. The summed E-state index contributed by atoms with van der Waals surface area (Å²) in [5.74, 6) is -1.64. The molecule has 0 bridgehead atoms. The van der Waals surface area contributed by atoms with E-state index in [1.54, 1.807) is 0 Å². The van der Waals surface area contributed by atoms with Crippen molar-refractivity contribution in [1.82, 2.24) is 5.32 Å². The molecule has 8 rings (SSSR count). The molecule has 7 fully saturated rings. The Morgan fingerprint density at radius 2 is 1.37 bits per heavy atom. The number of amides is 1. The zero-order chi connectivity index (χ0) is 56.9. The third-order valence-corrected chi connectivity index (χ3v) is 21.7. The highest BCUT2D eigenvalue weighted by molar-refractivity contribution is 5.80. The first-order valence-electron chi connectivity index (χ1n) is 29.7. The van der Waals surface area contributed by atoms with Gasteiger partial charge in [-0.05, 0) is 111 Å². The lowest BCUT2D eigenvalue weighted by molar-refractivity contribution is -0.370. The van der Waals surface area contributed by atoms with Gasteiger partial charge in [0.25, 0.3) is 0 Å². The SMILES string of the molecule is CCCCCCCCCCCC(=O)N[C@@H]1C(O)C(O[C@@H]2O[C@H](C)[C@H](O[C@@H]3OC[C@@H](O)C(O)C3O)C(O)C2O)[C@H](OC(=O)[C@]23CCC(C)(C)CC2C2=CCC4C5(C)CC[C@H](O)C(C)(C=O)[C@@H]5CCC4(C)[C@]2(C)C[C@@H]3O)O[C@@H]1CO. The molecule has 3 aliphatic heterocycles. The molecule has 8 aliphatic rings. The van der Waals surface area contributed by atoms with Crippen LogP contribution in [-0.4, -0.2) is 175 Å². The maximum atomic E-state index is 15.7. The molecule has 24 atom stereocenters. The van der Waals surface area contributed by atoms with E-state index in [0.29, 0.717) is 32.1 Å². The predicted octanol–water partition coefficient (Wildman–Crippen LogP) is 4.00. The fraction of sp³-hybridized carbons (Fsp3) is 0.915. The average molecular weight is 1110 g/mol. The highest BCUT2D eigenvalue weighted by Gasteiger charge is 2.72. The number of unbranched alkanes of at least 4 members (excludes halogenated alkanes) is 8. The molecule has 446 valence electrons. The van der Waals surface area contributed by atoms with Crippen LogP contribution < -0.4 is 5.32 Å². The second-order valence-electron chi connectivity index (χ2n) is 26.9. The van der Waals surface area contributed by atoms with Crippen molar-refractivity contribution in [2.45, 2.75) is 276 Å².